The highest BCUT2D eigenvalue weighted by molar-refractivity contribution is 5.76. The monoisotopic (exact) mass is 212 g/mol. The van der Waals surface area contributed by atoms with Gasteiger partial charge in [-0.3, -0.25) is 4.79 Å². The van der Waals surface area contributed by atoms with E-state index in [-0.39, 0.29) is 0 Å². The number of amides is 1. The summed E-state index contributed by atoms with van der Waals surface area (Å²) >= 11 is 0. The molecule has 1 N–H and O–H groups in total. The van der Waals surface area contributed by atoms with E-state index in [1.165, 1.54) is 0 Å². The lowest BCUT2D eigenvalue weighted by Gasteiger charge is -2.24. The van der Waals surface area contributed by atoms with Crippen molar-refractivity contribution in [2.45, 2.75) is 46.1 Å². The zero-order valence-electron chi connectivity index (χ0n) is 10.3. The highest BCUT2D eigenvalue weighted by atomic mass is 16.2. The summed E-state index contributed by atoms with van der Waals surface area (Å²) in [5, 5.41) is 3.35. The summed E-state index contributed by atoms with van der Waals surface area (Å²) in [7, 11) is 0. The van der Waals surface area contributed by atoms with E-state index in [1.54, 1.807) is 0 Å². The van der Waals surface area contributed by atoms with Crippen LogP contribution in [0.3, 0.4) is 0 Å². The van der Waals surface area contributed by atoms with Crippen molar-refractivity contribution in [2.75, 3.05) is 19.6 Å². The second-order valence-corrected chi connectivity index (χ2v) is 4.73. The first-order chi connectivity index (χ1) is 7.13. The predicted octanol–water partition coefficient (Wildman–Crippen LogP) is 1.63. The van der Waals surface area contributed by atoms with Crippen molar-refractivity contribution >= 4 is 5.91 Å². The molecular formula is C12H24N2O. The van der Waals surface area contributed by atoms with Gasteiger partial charge in [0, 0.05) is 25.6 Å². The number of carbonyl (C=O) groups excluding carboxylic acids is 1. The lowest BCUT2D eigenvalue weighted by molar-refractivity contribution is -0.131. The minimum Gasteiger partial charge on any atom is -0.341 e. The maximum absolute atomic E-state index is 11.8. The molecule has 88 valence electrons. The number of carbonyl (C=O) groups is 1. The molecule has 1 fully saturated rings. The smallest absolute Gasteiger partial charge is 0.222 e. The fraction of sp³-hybridized carbons (Fsp3) is 0.917. The third-order valence-corrected chi connectivity index (χ3v) is 3.14. The van der Waals surface area contributed by atoms with E-state index in [2.05, 4.69) is 26.1 Å². The van der Waals surface area contributed by atoms with Gasteiger partial charge in [-0.05, 0) is 32.2 Å². The molecule has 1 amide bonds. The molecule has 0 bridgehead atoms. The fourth-order valence-corrected chi connectivity index (χ4v) is 2.11. The lowest BCUT2D eigenvalue weighted by atomic mass is 10.0. The molecule has 0 spiro atoms. The maximum Gasteiger partial charge on any atom is 0.222 e. The first-order valence-electron chi connectivity index (χ1n) is 6.14. The minimum atomic E-state index is 0.337. The van der Waals surface area contributed by atoms with Crippen molar-refractivity contribution in [3.63, 3.8) is 0 Å². The molecule has 0 radical (unpaired) electrons. The van der Waals surface area contributed by atoms with Crippen LogP contribution >= 0.6 is 0 Å². The van der Waals surface area contributed by atoms with Gasteiger partial charge in [0.05, 0.1) is 0 Å². The number of hydrogen-bond donors (Lipinski definition) is 1. The second-order valence-electron chi connectivity index (χ2n) is 4.73. The maximum atomic E-state index is 11.8. The van der Waals surface area contributed by atoms with Crippen LogP contribution in [0.5, 0.6) is 0 Å². The number of nitrogens with zero attached hydrogens (tertiary/aromatic N) is 1. The van der Waals surface area contributed by atoms with Crippen molar-refractivity contribution < 1.29 is 4.79 Å². The first kappa shape index (κ1) is 12.5. The van der Waals surface area contributed by atoms with E-state index in [4.69, 9.17) is 0 Å². The average molecular weight is 212 g/mol. The number of hydrogen-bond acceptors (Lipinski definition) is 2. The number of likely N-dealkylation sites (N-methyl/N-ethyl adjacent to an activating group) is 1. The Balaban J connectivity index is 2.41. The van der Waals surface area contributed by atoms with Gasteiger partial charge in [0.2, 0.25) is 5.91 Å². The molecule has 2 unspecified atom stereocenters. The summed E-state index contributed by atoms with van der Waals surface area (Å²) < 4.78 is 0. The molecule has 0 aliphatic carbocycles. The Morgan fingerprint density at radius 1 is 1.53 bits per heavy atom. The van der Waals surface area contributed by atoms with E-state index >= 15 is 0 Å². The van der Waals surface area contributed by atoms with Crippen LogP contribution in [0.15, 0.2) is 0 Å². The summed E-state index contributed by atoms with van der Waals surface area (Å²) in [4.78, 5) is 13.8. The third kappa shape index (κ3) is 4.20. The van der Waals surface area contributed by atoms with Crippen LogP contribution in [0, 0.1) is 5.92 Å². The van der Waals surface area contributed by atoms with Crippen molar-refractivity contribution in [2.24, 2.45) is 5.92 Å². The third-order valence-electron chi connectivity index (χ3n) is 3.14. The molecule has 0 aromatic heterocycles. The molecule has 0 saturated carbocycles. The van der Waals surface area contributed by atoms with Crippen LogP contribution < -0.4 is 5.32 Å². The van der Waals surface area contributed by atoms with Crippen LogP contribution in [0.25, 0.3) is 0 Å². The molecule has 1 aliphatic heterocycles. The van der Waals surface area contributed by atoms with Gasteiger partial charge in [0.1, 0.15) is 0 Å². The molecule has 1 heterocycles. The summed E-state index contributed by atoms with van der Waals surface area (Å²) in [6.45, 7) is 9.26. The van der Waals surface area contributed by atoms with Gasteiger partial charge in [0.25, 0.3) is 0 Å². The number of likely N-dealkylation sites (tertiary alicyclic amines) is 1. The van der Waals surface area contributed by atoms with Crippen LogP contribution in [0.4, 0.5) is 0 Å². The van der Waals surface area contributed by atoms with E-state index in [1.807, 2.05) is 4.90 Å². The van der Waals surface area contributed by atoms with E-state index < -0.39 is 0 Å². The summed E-state index contributed by atoms with van der Waals surface area (Å²) in [6, 6.07) is 0.410. The van der Waals surface area contributed by atoms with Gasteiger partial charge in [0.15, 0.2) is 0 Å². The van der Waals surface area contributed by atoms with E-state index in [0.717, 1.165) is 38.9 Å². The van der Waals surface area contributed by atoms with E-state index in [0.29, 0.717) is 17.9 Å². The highest BCUT2D eigenvalue weighted by Gasteiger charge is 2.21. The molecule has 3 nitrogen and oxygen atoms in total. The quantitative estimate of drug-likeness (QED) is 0.768. The van der Waals surface area contributed by atoms with Crippen LogP contribution in [0.1, 0.15) is 40.0 Å². The zero-order chi connectivity index (χ0) is 11.3. The second kappa shape index (κ2) is 6.11. The molecule has 15 heavy (non-hydrogen) atoms. The van der Waals surface area contributed by atoms with Crippen molar-refractivity contribution in [1.82, 2.24) is 10.2 Å². The highest BCUT2D eigenvalue weighted by Crippen LogP contribution is 2.17. The molecule has 1 rings (SSSR count). The van der Waals surface area contributed by atoms with Gasteiger partial charge in [-0.25, -0.2) is 0 Å². The van der Waals surface area contributed by atoms with Crippen LogP contribution in [-0.4, -0.2) is 36.5 Å². The van der Waals surface area contributed by atoms with Gasteiger partial charge in [-0.2, -0.15) is 0 Å². The fourth-order valence-electron chi connectivity index (χ4n) is 2.11. The van der Waals surface area contributed by atoms with Crippen molar-refractivity contribution in [1.29, 1.82) is 0 Å². The topological polar surface area (TPSA) is 32.3 Å². The Morgan fingerprint density at radius 2 is 2.27 bits per heavy atom. The van der Waals surface area contributed by atoms with Crippen LogP contribution in [0.2, 0.25) is 0 Å². The summed E-state index contributed by atoms with van der Waals surface area (Å²) in [5.74, 6) is 1.04. The van der Waals surface area contributed by atoms with E-state index in [9.17, 15) is 4.79 Å². The number of rotatable bonds is 4. The molecule has 0 aromatic carbocycles. The molecular weight excluding hydrogens is 188 g/mol. The Labute approximate surface area is 93.2 Å². The standard InChI is InChI=1S/C12H24N2O/c1-4-13-11(3)9-14-8-7-10(2)5-6-12(14)15/h10-11,13H,4-9H2,1-3H3. The SMILES string of the molecule is CCNC(C)CN1CCC(C)CCC1=O. The minimum absolute atomic E-state index is 0.337. The molecule has 2 atom stereocenters. The Hall–Kier alpha value is -0.570. The first-order valence-corrected chi connectivity index (χ1v) is 6.14. The Morgan fingerprint density at radius 3 is 2.93 bits per heavy atom. The molecule has 1 aliphatic rings. The van der Waals surface area contributed by atoms with Gasteiger partial charge in [-0.15, -0.1) is 0 Å². The molecule has 3 heteroatoms. The average Bonchev–Trinajstić information content (AvgIpc) is 2.33. The van der Waals surface area contributed by atoms with Gasteiger partial charge >= 0.3 is 0 Å². The predicted molar refractivity (Wildman–Crippen MR) is 62.7 cm³/mol. The lowest BCUT2D eigenvalue weighted by Crippen LogP contribution is -2.42. The van der Waals surface area contributed by atoms with Gasteiger partial charge < -0.3 is 10.2 Å². The molecule has 1 saturated heterocycles. The normalized spacial score (nSPS) is 25.1. The summed E-state index contributed by atoms with van der Waals surface area (Å²) in [6.07, 6.45) is 2.95. The largest absolute Gasteiger partial charge is 0.341 e. The summed E-state index contributed by atoms with van der Waals surface area (Å²) in [5.41, 5.74) is 0. The Bertz CT molecular complexity index is 206. The van der Waals surface area contributed by atoms with Crippen molar-refractivity contribution in [3.8, 4) is 0 Å². The zero-order valence-corrected chi connectivity index (χ0v) is 10.3. The molecule has 0 aromatic rings. The van der Waals surface area contributed by atoms with Crippen molar-refractivity contribution in [3.05, 3.63) is 0 Å². The van der Waals surface area contributed by atoms with Gasteiger partial charge in [-0.1, -0.05) is 13.8 Å². The van der Waals surface area contributed by atoms with Crippen LogP contribution in [-0.2, 0) is 4.79 Å². The number of nitrogens with one attached hydrogen (secondary N) is 1. The Kier molecular flexibility index (Phi) is 5.09.